The first kappa shape index (κ1) is 18.8. The Labute approximate surface area is 169 Å². The van der Waals surface area contributed by atoms with Gasteiger partial charge in [0.05, 0.1) is 7.11 Å². The second kappa shape index (κ2) is 8.25. The van der Waals surface area contributed by atoms with Gasteiger partial charge in [0.2, 0.25) is 0 Å². The fraction of sp³-hybridized carbons (Fsp3) is 0.385. The Bertz CT molecular complexity index is 905. The quantitative estimate of drug-likeness (QED) is 0.700. The van der Waals surface area contributed by atoms with Gasteiger partial charge in [0, 0.05) is 17.5 Å². The maximum atomic E-state index is 5.54. The highest BCUT2D eigenvalue weighted by molar-refractivity contribution is 5.47. The van der Waals surface area contributed by atoms with Crippen LogP contribution in [0.2, 0.25) is 0 Å². The maximum Gasteiger partial charge on any atom is 0.119 e. The third kappa shape index (κ3) is 3.73. The van der Waals surface area contributed by atoms with Gasteiger partial charge in [-0.1, -0.05) is 55.2 Å². The first-order chi connectivity index (χ1) is 13.7. The van der Waals surface area contributed by atoms with E-state index in [0.717, 1.165) is 37.2 Å². The van der Waals surface area contributed by atoms with Crippen LogP contribution in [0, 0.1) is 17.8 Å². The zero-order valence-corrected chi connectivity index (χ0v) is 16.9. The summed E-state index contributed by atoms with van der Waals surface area (Å²) in [5, 5.41) is 0. The average Bonchev–Trinajstić information content (AvgIpc) is 2.77. The lowest BCUT2D eigenvalue weighted by molar-refractivity contribution is 0.110. The van der Waals surface area contributed by atoms with Gasteiger partial charge in [-0.2, -0.15) is 0 Å². The monoisotopic (exact) mass is 371 g/mol. The molecule has 2 nitrogen and oxygen atoms in total. The van der Waals surface area contributed by atoms with Crippen molar-refractivity contribution in [2.45, 2.75) is 31.6 Å². The molecule has 144 valence electrons. The van der Waals surface area contributed by atoms with Crippen molar-refractivity contribution in [1.82, 2.24) is 4.90 Å². The topological polar surface area (TPSA) is 12.5 Å². The largest absolute Gasteiger partial charge is 0.497 e. The van der Waals surface area contributed by atoms with Gasteiger partial charge in [-0.15, -0.1) is 0 Å². The molecule has 0 amide bonds. The second-order valence-electron chi connectivity index (χ2n) is 7.94. The molecule has 0 saturated carbocycles. The van der Waals surface area contributed by atoms with E-state index < -0.39 is 0 Å². The minimum absolute atomic E-state index is 0.0686. The third-order valence-corrected chi connectivity index (χ3v) is 6.44. The van der Waals surface area contributed by atoms with Crippen LogP contribution >= 0.6 is 0 Å². The van der Waals surface area contributed by atoms with E-state index in [1.807, 2.05) is 24.3 Å². The summed E-state index contributed by atoms with van der Waals surface area (Å²) in [4.78, 5) is 2.59. The molecule has 1 heterocycles. The fourth-order valence-electron chi connectivity index (χ4n) is 4.80. The second-order valence-corrected chi connectivity index (χ2v) is 7.94. The minimum atomic E-state index is 0.0686. The lowest BCUT2D eigenvalue weighted by Crippen LogP contribution is -2.50. The molecule has 1 aliphatic heterocycles. The van der Waals surface area contributed by atoms with Gasteiger partial charge in [-0.3, -0.25) is 0 Å². The predicted molar refractivity (Wildman–Crippen MR) is 116 cm³/mol. The zero-order valence-electron chi connectivity index (χ0n) is 16.9. The first-order valence-corrected chi connectivity index (χ1v) is 10.4. The SMILES string of the molecule is CCN1CC[C@@]2(c3cccc(OC)c3)C=C(C#Cc3ccccc3)CC[C@@H]2C1. The van der Waals surface area contributed by atoms with E-state index in [1.54, 1.807) is 7.11 Å². The Hall–Kier alpha value is -2.50. The highest BCUT2D eigenvalue weighted by Crippen LogP contribution is 2.48. The molecule has 1 fully saturated rings. The molecular formula is C26H29NO. The van der Waals surface area contributed by atoms with Crippen LogP contribution in [-0.4, -0.2) is 31.6 Å². The Morgan fingerprint density at radius 2 is 1.96 bits per heavy atom. The number of ether oxygens (including phenoxy) is 1. The van der Waals surface area contributed by atoms with Crippen LogP contribution in [0.1, 0.15) is 37.3 Å². The molecule has 28 heavy (non-hydrogen) atoms. The molecule has 4 rings (SSSR count). The van der Waals surface area contributed by atoms with Gasteiger partial charge in [-0.25, -0.2) is 0 Å². The van der Waals surface area contributed by atoms with Gasteiger partial charge in [-0.05, 0) is 73.7 Å². The van der Waals surface area contributed by atoms with Gasteiger partial charge in [0.25, 0.3) is 0 Å². The molecule has 0 bridgehead atoms. The number of benzene rings is 2. The summed E-state index contributed by atoms with van der Waals surface area (Å²) in [7, 11) is 1.75. The molecule has 0 spiro atoms. The molecule has 2 aromatic carbocycles. The lowest BCUT2D eigenvalue weighted by Gasteiger charge is -2.49. The molecular weight excluding hydrogens is 342 g/mol. The molecule has 2 aromatic rings. The number of hydrogen-bond donors (Lipinski definition) is 0. The molecule has 2 aliphatic rings. The van der Waals surface area contributed by atoms with E-state index in [0.29, 0.717) is 5.92 Å². The van der Waals surface area contributed by atoms with Gasteiger partial charge < -0.3 is 9.64 Å². The molecule has 0 radical (unpaired) electrons. The third-order valence-electron chi connectivity index (χ3n) is 6.44. The van der Waals surface area contributed by atoms with E-state index in [-0.39, 0.29) is 5.41 Å². The van der Waals surface area contributed by atoms with Gasteiger partial charge >= 0.3 is 0 Å². The summed E-state index contributed by atoms with van der Waals surface area (Å²) in [5.74, 6) is 8.43. The number of likely N-dealkylation sites (tertiary alicyclic amines) is 1. The molecule has 1 aliphatic carbocycles. The number of nitrogens with zero attached hydrogens (tertiary/aromatic N) is 1. The summed E-state index contributed by atoms with van der Waals surface area (Å²) >= 11 is 0. The van der Waals surface area contributed by atoms with Crippen LogP contribution in [0.3, 0.4) is 0 Å². The van der Waals surface area contributed by atoms with Crippen LogP contribution in [0.5, 0.6) is 5.75 Å². The minimum Gasteiger partial charge on any atom is -0.497 e. The van der Waals surface area contributed by atoms with E-state index >= 15 is 0 Å². The molecule has 0 unspecified atom stereocenters. The van der Waals surface area contributed by atoms with Crippen LogP contribution in [0.15, 0.2) is 66.2 Å². The van der Waals surface area contributed by atoms with Crippen molar-refractivity contribution in [2.75, 3.05) is 26.7 Å². The number of piperidine rings is 1. The van der Waals surface area contributed by atoms with Crippen molar-refractivity contribution in [3.63, 3.8) is 0 Å². The number of rotatable bonds is 3. The van der Waals surface area contributed by atoms with Gasteiger partial charge in [0.15, 0.2) is 0 Å². The zero-order chi connectivity index (χ0) is 19.4. The highest BCUT2D eigenvalue weighted by atomic mass is 16.5. The standard InChI is InChI=1S/C26H29NO/c1-3-27-17-16-26(23-10-7-11-25(18-23)28-2)19-22(14-15-24(26)20-27)13-12-21-8-5-4-6-9-21/h4-11,18-19,24H,3,14-17,20H2,1-2H3/t24-,26+/m1/s1. The smallest absolute Gasteiger partial charge is 0.119 e. The number of methoxy groups -OCH3 is 1. The van der Waals surface area contributed by atoms with Crippen LogP contribution in [-0.2, 0) is 5.41 Å². The molecule has 2 heteroatoms. The predicted octanol–water partition coefficient (Wildman–Crippen LogP) is 5.05. The summed E-state index contributed by atoms with van der Waals surface area (Å²) in [6.07, 6.45) is 5.92. The van der Waals surface area contributed by atoms with E-state index in [2.05, 4.69) is 60.1 Å². The lowest BCUT2D eigenvalue weighted by atomic mass is 9.61. The Morgan fingerprint density at radius 1 is 1.11 bits per heavy atom. The van der Waals surface area contributed by atoms with Gasteiger partial charge in [0.1, 0.15) is 5.75 Å². The number of allylic oxidation sites excluding steroid dienone is 2. The molecule has 1 saturated heterocycles. The summed E-state index contributed by atoms with van der Waals surface area (Å²) in [5.41, 5.74) is 3.82. The average molecular weight is 372 g/mol. The number of fused-ring (bicyclic) bond motifs is 1. The van der Waals surface area contributed by atoms with Crippen LogP contribution < -0.4 is 4.74 Å². The van der Waals surface area contributed by atoms with E-state index in [9.17, 15) is 0 Å². The van der Waals surface area contributed by atoms with Crippen molar-refractivity contribution < 1.29 is 4.74 Å². The van der Waals surface area contributed by atoms with E-state index in [4.69, 9.17) is 4.74 Å². The van der Waals surface area contributed by atoms with Crippen molar-refractivity contribution in [2.24, 2.45) is 5.92 Å². The maximum absolute atomic E-state index is 5.54. The van der Waals surface area contributed by atoms with Crippen molar-refractivity contribution in [1.29, 1.82) is 0 Å². The van der Waals surface area contributed by atoms with Crippen molar-refractivity contribution in [3.8, 4) is 17.6 Å². The fourth-order valence-corrected chi connectivity index (χ4v) is 4.80. The number of hydrogen-bond acceptors (Lipinski definition) is 2. The first-order valence-electron chi connectivity index (χ1n) is 10.4. The summed E-state index contributed by atoms with van der Waals surface area (Å²) in [6, 6.07) is 19.0. The summed E-state index contributed by atoms with van der Waals surface area (Å²) < 4.78 is 5.54. The van der Waals surface area contributed by atoms with E-state index in [1.165, 1.54) is 24.1 Å². The normalized spacial score (nSPS) is 24.5. The Kier molecular flexibility index (Phi) is 5.55. The Morgan fingerprint density at radius 3 is 2.75 bits per heavy atom. The molecule has 0 aromatic heterocycles. The van der Waals surface area contributed by atoms with Crippen molar-refractivity contribution in [3.05, 3.63) is 77.4 Å². The highest BCUT2D eigenvalue weighted by Gasteiger charge is 2.44. The van der Waals surface area contributed by atoms with Crippen LogP contribution in [0.4, 0.5) is 0 Å². The van der Waals surface area contributed by atoms with Crippen molar-refractivity contribution >= 4 is 0 Å². The summed E-state index contributed by atoms with van der Waals surface area (Å²) in [6.45, 7) is 5.72. The molecule has 2 atom stereocenters. The molecule has 0 N–H and O–H groups in total. The van der Waals surface area contributed by atoms with Crippen LogP contribution in [0.25, 0.3) is 0 Å². The Balaban J connectivity index is 1.73.